The Morgan fingerprint density at radius 1 is 1.50 bits per heavy atom. The Hall–Kier alpha value is -1.07. The molecule has 3 nitrogen and oxygen atoms in total. The highest BCUT2D eigenvalue weighted by Gasteiger charge is 2.30. The van der Waals surface area contributed by atoms with Crippen LogP contribution in [0.2, 0.25) is 0 Å². The van der Waals surface area contributed by atoms with E-state index in [1.165, 1.54) is 11.8 Å². The molecule has 1 saturated heterocycles. The summed E-state index contributed by atoms with van der Waals surface area (Å²) in [5.41, 5.74) is 0.976. The van der Waals surface area contributed by atoms with E-state index in [0.29, 0.717) is 16.7 Å². The average Bonchev–Trinajstić information content (AvgIpc) is 2.78. The molecule has 0 saturated carbocycles. The van der Waals surface area contributed by atoms with Crippen LogP contribution in [0.4, 0.5) is 5.69 Å². The van der Waals surface area contributed by atoms with Crippen molar-refractivity contribution in [1.29, 1.82) is 0 Å². The van der Waals surface area contributed by atoms with Crippen molar-refractivity contribution in [2.24, 2.45) is 5.92 Å². The number of methoxy groups -OCH3 is 1. The van der Waals surface area contributed by atoms with Gasteiger partial charge in [-0.1, -0.05) is 30.0 Å². The minimum Gasteiger partial charge on any atom is -0.482 e. The number of carbonyl (C=O) groups is 1. The molecule has 1 aliphatic heterocycles. The number of amides is 1. The number of rotatable bonds is 3. The quantitative estimate of drug-likeness (QED) is 0.797. The van der Waals surface area contributed by atoms with Gasteiger partial charge in [0.1, 0.15) is 0 Å². The maximum absolute atomic E-state index is 12.0. The van der Waals surface area contributed by atoms with Gasteiger partial charge >= 0.3 is 0 Å². The lowest BCUT2D eigenvalue weighted by atomic mass is 10.1. The van der Waals surface area contributed by atoms with E-state index in [0.717, 1.165) is 18.0 Å². The summed E-state index contributed by atoms with van der Waals surface area (Å²) in [7, 11) is 1.57. The molecule has 0 aromatic heterocycles. The Labute approximate surface area is 116 Å². The van der Waals surface area contributed by atoms with Crippen molar-refractivity contribution in [2.75, 3.05) is 24.3 Å². The van der Waals surface area contributed by atoms with Gasteiger partial charge in [0, 0.05) is 24.4 Å². The molecule has 1 amide bonds. The predicted octanol–water partition coefficient (Wildman–Crippen LogP) is 2.70. The summed E-state index contributed by atoms with van der Waals surface area (Å²) in [5.74, 6) is 1.37. The van der Waals surface area contributed by atoms with Gasteiger partial charge in [-0.25, -0.2) is 0 Å². The Morgan fingerprint density at radius 3 is 2.89 bits per heavy atom. The van der Waals surface area contributed by atoms with Gasteiger partial charge in [-0.3, -0.25) is 4.79 Å². The van der Waals surface area contributed by atoms with Crippen molar-refractivity contribution >= 4 is 40.0 Å². The number of para-hydroxylation sites is 1. The zero-order chi connectivity index (χ0) is 13.0. The third-order valence-electron chi connectivity index (χ3n) is 2.88. The molecular formula is C13H15NO2S2. The summed E-state index contributed by atoms with van der Waals surface area (Å²) in [6, 6.07) is 9.78. The fourth-order valence-corrected chi connectivity index (χ4v) is 2.91. The van der Waals surface area contributed by atoms with Crippen molar-refractivity contribution in [3.63, 3.8) is 0 Å². The first-order chi connectivity index (χ1) is 8.70. The molecule has 2 rings (SSSR count). The van der Waals surface area contributed by atoms with Gasteiger partial charge in [0.25, 0.3) is 0 Å². The van der Waals surface area contributed by atoms with E-state index in [2.05, 4.69) is 0 Å². The van der Waals surface area contributed by atoms with Crippen molar-refractivity contribution in [3.8, 4) is 0 Å². The van der Waals surface area contributed by atoms with Crippen LogP contribution in [0.3, 0.4) is 0 Å². The molecule has 0 N–H and O–H groups in total. The first-order valence-electron chi connectivity index (χ1n) is 5.77. The summed E-state index contributed by atoms with van der Waals surface area (Å²) < 4.78 is 5.49. The molecule has 18 heavy (non-hydrogen) atoms. The lowest BCUT2D eigenvalue weighted by Crippen LogP contribution is -2.24. The second-order valence-electron chi connectivity index (χ2n) is 4.18. The molecule has 1 heterocycles. The highest BCUT2D eigenvalue weighted by atomic mass is 32.2. The Balaban J connectivity index is 1.93. The van der Waals surface area contributed by atoms with Crippen LogP contribution in [0.25, 0.3) is 0 Å². The smallest absolute Gasteiger partial charge is 0.227 e. The van der Waals surface area contributed by atoms with E-state index >= 15 is 0 Å². The lowest BCUT2D eigenvalue weighted by molar-refractivity contribution is -0.117. The summed E-state index contributed by atoms with van der Waals surface area (Å²) in [5, 5.41) is 0. The molecule has 0 bridgehead atoms. The third kappa shape index (κ3) is 3.23. The topological polar surface area (TPSA) is 29.5 Å². The van der Waals surface area contributed by atoms with Crippen LogP contribution in [-0.2, 0) is 9.53 Å². The zero-order valence-corrected chi connectivity index (χ0v) is 11.8. The number of nitrogens with zero attached hydrogens (tertiary/aromatic N) is 1. The minimum atomic E-state index is 0.190. The Bertz CT molecular complexity index is 436. The number of ether oxygens (including phenoxy) is 1. The van der Waals surface area contributed by atoms with Crippen molar-refractivity contribution in [3.05, 3.63) is 30.3 Å². The van der Waals surface area contributed by atoms with E-state index in [9.17, 15) is 4.79 Å². The van der Waals surface area contributed by atoms with E-state index in [1.807, 2.05) is 35.2 Å². The molecule has 1 aromatic carbocycles. The summed E-state index contributed by atoms with van der Waals surface area (Å²) >= 11 is 6.49. The van der Waals surface area contributed by atoms with Gasteiger partial charge in [-0.05, 0) is 30.3 Å². The second kappa shape index (κ2) is 6.20. The number of thioether (sulfide) groups is 1. The van der Waals surface area contributed by atoms with E-state index in [1.54, 1.807) is 7.11 Å². The molecule has 1 aromatic rings. The van der Waals surface area contributed by atoms with Crippen molar-refractivity contribution < 1.29 is 9.53 Å². The van der Waals surface area contributed by atoms with Gasteiger partial charge in [-0.15, -0.1) is 0 Å². The van der Waals surface area contributed by atoms with E-state index in [-0.39, 0.29) is 5.91 Å². The van der Waals surface area contributed by atoms with Gasteiger partial charge in [0.05, 0.1) is 7.11 Å². The molecule has 0 radical (unpaired) electrons. The number of hydrogen-bond acceptors (Lipinski definition) is 4. The fraction of sp³-hybridized carbons (Fsp3) is 0.385. The summed E-state index contributed by atoms with van der Waals surface area (Å²) in [6.45, 7) is 0.766. The summed E-state index contributed by atoms with van der Waals surface area (Å²) in [6.07, 6.45) is 0.591. The number of benzene rings is 1. The van der Waals surface area contributed by atoms with E-state index in [4.69, 9.17) is 17.0 Å². The first-order valence-corrected chi connectivity index (χ1v) is 7.16. The maximum Gasteiger partial charge on any atom is 0.227 e. The standard InChI is InChI=1S/C13H15NO2S2/c1-16-13(17)18-9-10-7-12(15)14(8-10)11-5-3-2-4-6-11/h2-6,10H,7-9H2,1H3. The lowest BCUT2D eigenvalue weighted by Gasteiger charge is -2.16. The van der Waals surface area contributed by atoms with Crippen LogP contribution < -0.4 is 4.90 Å². The van der Waals surface area contributed by atoms with Crippen molar-refractivity contribution in [1.82, 2.24) is 0 Å². The molecule has 1 unspecified atom stereocenters. The van der Waals surface area contributed by atoms with Crippen LogP contribution in [0.1, 0.15) is 6.42 Å². The first kappa shape index (κ1) is 13.4. The van der Waals surface area contributed by atoms with Crippen LogP contribution in [-0.4, -0.2) is 29.7 Å². The Morgan fingerprint density at radius 2 is 2.22 bits per heavy atom. The zero-order valence-electron chi connectivity index (χ0n) is 10.2. The predicted molar refractivity (Wildman–Crippen MR) is 79.0 cm³/mol. The highest BCUT2D eigenvalue weighted by molar-refractivity contribution is 8.22. The van der Waals surface area contributed by atoms with Gasteiger partial charge < -0.3 is 9.64 Å². The minimum absolute atomic E-state index is 0.190. The molecule has 1 fully saturated rings. The number of thiocarbonyl (C=S) groups is 1. The van der Waals surface area contributed by atoms with Crippen molar-refractivity contribution in [2.45, 2.75) is 6.42 Å². The van der Waals surface area contributed by atoms with Crippen LogP contribution in [0.15, 0.2) is 30.3 Å². The largest absolute Gasteiger partial charge is 0.482 e. The van der Waals surface area contributed by atoms with E-state index < -0.39 is 0 Å². The fourth-order valence-electron chi connectivity index (χ4n) is 2.00. The number of anilines is 1. The second-order valence-corrected chi connectivity index (χ2v) is 5.80. The number of hydrogen-bond donors (Lipinski definition) is 0. The van der Waals surface area contributed by atoms with Crippen LogP contribution >= 0.6 is 24.0 Å². The monoisotopic (exact) mass is 281 g/mol. The normalized spacial score (nSPS) is 19.1. The summed E-state index contributed by atoms with van der Waals surface area (Å²) in [4.78, 5) is 13.8. The van der Waals surface area contributed by atoms with Gasteiger partial charge in [-0.2, -0.15) is 0 Å². The molecular weight excluding hydrogens is 266 g/mol. The van der Waals surface area contributed by atoms with Crippen LogP contribution in [0.5, 0.6) is 0 Å². The average molecular weight is 281 g/mol. The van der Waals surface area contributed by atoms with Gasteiger partial charge in [0.15, 0.2) is 0 Å². The molecule has 5 heteroatoms. The molecule has 1 aliphatic rings. The highest BCUT2D eigenvalue weighted by Crippen LogP contribution is 2.27. The molecule has 0 spiro atoms. The molecule has 96 valence electrons. The molecule has 1 atom stereocenters. The maximum atomic E-state index is 12.0. The molecule has 0 aliphatic carbocycles. The Kier molecular flexibility index (Phi) is 4.60. The SMILES string of the molecule is COC(=S)SCC1CC(=O)N(c2ccccc2)C1. The van der Waals surface area contributed by atoms with Crippen LogP contribution in [0, 0.1) is 5.92 Å². The van der Waals surface area contributed by atoms with Gasteiger partial charge in [0.2, 0.25) is 10.3 Å². The third-order valence-corrected chi connectivity index (χ3v) is 4.44. The number of carbonyl (C=O) groups excluding carboxylic acids is 1.